The maximum absolute atomic E-state index is 12.7. The number of thioether (sulfide) groups is 1. The first-order chi connectivity index (χ1) is 16.3. The first kappa shape index (κ1) is 24.9. The Morgan fingerprint density at radius 2 is 1.76 bits per heavy atom. The minimum atomic E-state index is -3.19. The molecule has 0 radical (unpaired) electrons. The van der Waals surface area contributed by atoms with Crippen LogP contribution in [-0.4, -0.2) is 62.1 Å². The van der Waals surface area contributed by atoms with E-state index in [1.807, 2.05) is 36.9 Å². The van der Waals surface area contributed by atoms with E-state index < -0.39 is 15.7 Å². The van der Waals surface area contributed by atoms with Gasteiger partial charge in [0.2, 0.25) is 0 Å². The molecule has 0 N–H and O–H groups in total. The molecule has 182 valence electrons. The predicted molar refractivity (Wildman–Crippen MR) is 137 cm³/mol. The van der Waals surface area contributed by atoms with Crippen LogP contribution in [0.5, 0.6) is 17.2 Å². The minimum Gasteiger partial charge on any atom is -0.490 e. The zero-order valence-corrected chi connectivity index (χ0v) is 22.0. The molecule has 1 amide bonds. The molecule has 8 nitrogen and oxygen atoms in total. The molecule has 2 aliphatic heterocycles. The summed E-state index contributed by atoms with van der Waals surface area (Å²) >= 11 is 4.90. The lowest BCUT2D eigenvalue weighted by atomic mass is 10.2. The van der Waals surface area contributed by atoms with Crippen LogP contribution in [0.4, 0.5) is 5.69 Å². The second kappa shape index (κ2) is 10.6. The summed E-state index contributed by atoms with van der Waals surface area (Å²) in [5, 5.41) is 0.222. The molecule has 0 unspecified atom stereocenters. The van der Waals surface area contributed by atoms with E-state index in [0.717, 1.165) is 0 Å². The molecule has 2 aromatic carbocycles. The summed E-state index contributed by atoms with van der Waals surface area (Å²) < 4.78 is 42.5. The number of fused-ring (bicyclic) bond motifs is 1. The Morgan fingerprint density at radius 1 is 1.09 bits per heavy atom. The van der Waals surface area contributed by atoms with Crippen LogP contribution in [0, 0.1) is 0 Å². The van der Waals surface area contributed by atoms with Crippen molar-refractivity contribution >= 4 is 54.3 Å². The number of nitrogens with zero attached hydrogens (tertiary/aromatic N) is 2. The molecule has 2 fully saturated rings. The summed E-state index contributed by atoms with van der Waals surface area (Å²) in [5.74, 6) is 1.27. The number of para-hydroxylation sites is 1. The maximum Gasteiger partial charge on any atom is 0.285 e. The average Bonchev–Trinajstić information content (AvgIpc) is 3.26. The van der Waals surface area contributed by atoms with Crippen LogP contribution >= 0.6 is 27.7 Å². The highest BCUT2D eigenvalue weighted by Gasteiger charge is 2.50. The Labute approximate surface area is 211 Å². The van der Waals surface area contributed by atoms with E-state index in [9.17, 15) is 13.2 Å². The number of amidine groups is 1. The van der Waals surface area contributed by atoms with Crippen LogP contribution in [0.3, 0.4) is 0 Å². The van der Waals surface area contributed by atoms with Gasteiger partial charge in [0.15, 0.2) is 33.1 Å². The SMILES string of the molecule is CCOc1cc(Br)c(N2C(=NC(=O)COc3ccccc3)S[C@@H]3CS(=O)(=O)C[C@@H]32)cc1OCC. The molecule has 2 aliphatic rings. The van der Waals surface area contributed by atoms with Gasteiger partial charge < -0.3 is 19.1 Å². The Bertz CT molecular complexity index is 1190. The number of benzene rings is 2. The van der Waals surface area contributed by atoms with E-state index in [1.165, 1.54) is 11.8 Å². The van der Waals surface area contributed by atoms with Crippen molar-refractivity contribution in [1.29, 1.82) is 0 Å². The Balaban J connectivity index is 1.67. The van der Waals surface area contributed by atoms with Crippen molar-refractivity contribution in [3.63, 3.8) is 0 Å². The number of hydrogen-bond donors (Lipinski definition) is 0. The molecule has 2 saturated heterocycles. The van der Waals surface area contributed by atoms with Crippen molar-refractivity contribution in [2.24, 2.45) is 4.99 Å². The number of anilines is 1. The van der Waals surface area contributed by atoms with Gasteiger partial charge in [-0.05, 0) is 41.9 Å². The normalized spacial score (nSPS) is 22.0. The van der Waals surface area contributed by atoms with Gasteiger partial charge in [-0.1, -0.05) is 30.0 Å². The van der Waals surface area contributed by atoms with Crippen molar-refractivity contribution in [1.82, 2.24) is 0 Å². The molecule has 0 saturated carbocycles. The largest absolute Gasteiger partial charge is 0.490 e. The van der Waals surface area contributed by atoms with Crippen molar-refractivity contribution in [2.45, 2.75) is 25.1 Å². The highest BCUT2D eigenvalue weighted by Crippen LogP contribution is 2.46. The lowest BCUT2D eigenvalue weighted by Crippen LogP contribution is -2.38. The second-order valence-corrected chi connectivity index (χ2v) is 11.9. The third-order valence-corrected chi connectivity index (χ3v) is 9.11. The van der Waals surface area contributed by atoms with Crippen molar-refractivity contribution in [2.75, 3.05) is 36.2 Å². The fourth-order valence-electron chi connectivity index (χ4n) is 3.89. The molecular weight excluding hydrogens is 544 g/mol. The van der Waals surface area contributed by atoms with Gasteiger partial charge in [-0.15, -0.1) is 0 Å². The zero-order valence-electron chi connectivity index (χ0n) is 18.8. The first-order valence-electron chi connectivity index (χ1n) is 10.9. The highest BCUT2D eigenvalue weighted by atomic mass is 79.9. The van der Waals surface area contributed by atoms with E-state index >= 15 is 0 Å². The van der Waals surface area contributed by atoms with Gasteiger partial charge in [-0.3, -0.25) is 4.79 Å². The number of rotatable bonds is 8. The van der Waals surface area contributed by atoms with Crippen LogP contribution in [0.15, 0.2) is 51.9 Å². The first-order valence-corrected chi connectivity index (χ1v) is 14.4. The van der Waals surface area contributed by atoms with Gasteiger partial charge in [-0.2, -0.15) is 4.99 Å². The molecule has 4 rings (SSSR count). The van der Waals surface area contributed by atoms with Crippen molar-refractivity contribution in [3.8, 4) is 17.2 Å². The number of sulfone groups is 1. The number of halogens is 1. The smallest absolute Gasteiger partial charge is 0.285 e. The fraction of sp³-hybridized carbons (Fsp3) is 0.391. The zero-order chi connectivity index (χ0) is 24.3. The molecule has 2 aromatic rings. The van der Waals surface area contributed by atoms with Crippen LogP contribution < -0.4 is 19.1 Å². The molecule has 0 spiro atoms. The lowest BCUT2D eigenvalue weighted by molar-refractivity contribution is -0.119. The number of aliphatic imine (C=N–C) groups is 1. The molecule has 0 aliphatic carbocycles. The molecule has 34 heavy (non-hydrogen) atoms. The summed E-state index contributed by atoms with van der Waals surface area (Å²) in [6, 6.07) is 12.3. The fourth-order valence-corrected chi connectivity index (χ4v) is 8.33. The molecule has 2 heterocycles. The van der Waals surface area contributed by atoms with Crippen molar-refractivity contribution in [3.05, 3.63) is 46.9 Å². The minimum absolute atomic E-state index is 0.0119. The van der Waals surface area contributed by atoms with Crippen molar-refractivity contribution < 1.29 is 27.4 Å². The van der Waals surface area contributed by atoms with Gasteiger partial charge >= 0.3 is 0 Å². The van der Waals surface area contributed by atoms with E-state index in [0.29, 0.717) is 45.8 Å². The standard InChI is InChI=1S/C23H25BrN2O6S2/c1-3-30-19-10-16(24)17(11-20(19)31-4-2)26-18-13-34(28,29)14-21(18)33-23(26)25-22(27)12-32-15-8-6-5-7-9-15/h5-11,18,21H,3-4,12-14H2,1-2H3/t18-,21+/m0/s1. The summed E-state index contributed by atoms with van der Waals surface area (Å²) in [6.07, 6.45) is 0. The van der Waals surface area contributed by atoms with E-state index in [1.54, 1.807) is 24.3 Å². The third-order valence-electron chi connectivity index (χ3n) is 5.26. The van der Waals surface area contributed by atoms with Gasteiger partial charge in [0.25, 0.3) is 5.91 Å². The number of ether oxygens (including phenoxy) is 3. The number of carbonyl (C=O) groups excluding carboxylic acids is 1. The van der Waals surface area contributed by atoms with Crippen LogP contribution in [0.2, 0.25) is 0 Å². The van der Waals surface area contributed by atoms with Crippen LogP contribution in [0.25, 0.3) is 0 Å². The van der Waals surface area contributed by atoms with E-state index in [2.05, 4.69) is 20.9 Å². The third kappa shape index (κ3) is 5.52. The van der Waals surface area contributed by atoms with E-state index in [4.69, 9.17) is 14.2 Å². The summed E-state index contributed by atoms with van der Waals surface area (Å²) in [4.78, 5) is 18.8. The monoisotopic (exact) mass is 568 g/mol. The number of amides is 1. The van der Waals surface area contributed by atoms with Gasteiger partial charge in [-0.25, -0.2) is 8.42 Å². The lowest BCUT2D eigenvalue weighted by Gasteiger charge is -2.27. The number of carbonyl (C=O) groups is 1. The van der Waals surface area contributed by atoms with E-state index in [-0.39, 0.29) is 29.4 Å². The Morgan fingerprint density at radius 3 is 2.44 bits per heavy atom. The van der Waals surface area contributed by atoms with Crippen LogP contribution in [-0.2, 0) is 14.6 Å². The molecule has 0 aromatic heterocycles. The van der Waals surface area contributed by atoms with Gasteiger partial charge in [0, 0.05) is 21.9 Å². The van der Waals surface area contributed by atoms with Gasteiger partial charge in [0.1, 0.15) is 5.75 Å². The quantitative estimate of drug-likeness (QED) is 0.472. The topological polar surface area (TPSA) is 94.5 Å². The molecule has 2 atom stereocenters. The van der Waals surface area contributed by atoms with Crippen LogP contribution in [0.1, 0.15) is 13.8 Å². The Hall–Kier alpha value is -2.24. The van der Waals surface area contributed by atoms with Gasteiger partial charge in [0.05, 0.1) is 36.4 Å². The summed E-state index contributed by atoms with van der Waals surface area (Å²) in [7, 11) is -3.19. The molecular formula is C23H25BrN2O6S2. The number of hydrogen-bond acceptors (Lipinski definition) is 7. The summed E-state index contributed by atoms with van der Waals surface area (Å²) in [6.45, 7) is 4.45. The Kier molecular flexibility index (Phi) is 7.73. The average molecular weight is 569 g/mol. The second-order valence-electron chi connectivity index (χ2n) is 7.68. The molecule has 11 heteroatoms. The predicted octanol–water partition coefficient (Wildman–Crippen LogP) is 3.93. The maximum atomic E-state index is 12.7. The highest BCUT2D eigenvalue weighted by molar-refractivity contribution is 9.10. The summed E-state index contributed by atoms with van der Waals surface area (Å²) in [5.41, 5.74) is 0.666. The molecule has 0 bridgehead atoms.